The molecule has 2 N–H and O–H groups in total. The zero-order valence-electron chi connectivity index (χ0n) is 19.1. The maximum absolute atomic E-state index is 12.5. The van der Waals surface area contributed by atoms with Crippen molar-refractivity contribution in [2.45, 2.75) is 18.5 Å². The number of nitrogens with one attached hydrogen (secondary N) is 2. The van der Waals surface area contributed by atoms with Crippen LogP contribution in [-0.4, -0.2) is 27.8 Å². The molecule has 1 aliphatic rings. The molecular weight excluding hydrogens is 462 g/mol. The third-order valence-corrected chi connectivity index (χ3v) is 6.18. The summed E-state index contributed by atoms with van der Waals surface area (Å²) >= 11 is 6.12. The standard InChI is InChI=1S/C27H24ClN5O2/c1-35-22-14-7-18(8-15-22)9-16-25(34)30-26-31-27-29-23(19-5-3-2-4-6-19)17-24(33(27)32-26)20-10-12-21(28)13-11-20/h2-16,23-24H,17H2,1H3,(H2,29,30,31,32,34)/b16-9+/t23-,24-/m1/s1. The van der Waals surface area contributed by atoms with E-state index >= 15 is 0 Å². The van der Waals surface area contributed by atoms with Gasteiger partial charge in [-0.05, 0) is 53.5 Å². The fourth-order valence-corrected chi connectivity index (χ4v) is 4.26. The molecule has 0 saturated heterocycles. The van der Waals surface area contributed by atoms with Gasteiger partial charge in [0, 0.05) is 11.1 Å². The minimum atomic E-state index is -0.314. The normalized spacial score (nSPS) is 17.0. The van der Waals surface area contributed by atoms with Gasteiger partial charge >= 0.3 is 0 Å². The molecule has 176 valence electrons. The molecule has 0 bridgehead atoms. The molecule has 0 saturated carbocycles. The fraction of sp³-hybridized carbons (Fsp3) is 0.148. The molecule has 1 aliphatic heterocycles. The van der Waals surface area contributed by atoms with Crippen LogP contribution in [0.4, 0.5) is 11.9 Å². The van der Waals surface area contributed by atoms with Gasteiger partial charge < -0.3 is 10.1 Å². The monoisotopic (exact) mass is 485 g/mol. The van der Waals surface area contributed by atoms with Crippen molar-refractivity contribution >= 4 is 35.5 Å². The molecule has 0 aliphatic carbocycles. The van der Waals surface area contributed by atoms with E-state index in [4.69, 9.17) is 16.3 Å². The number of benzene rings is 3. The van der Waals surface area contributed by atoms with Crippen LogP contribution < -0.4 is 15.4 Å². The smallest absolute Gasteiger partial charge is 0.250 e. The van der Waals surface area contributed by atoms with Crippen LogP contribution in [0.2, 0.25) is 5.02 Å². The number of ether oxygens (including phenoxy) is 1. The Morgan fingerprint density at radius 2 is 1.80 bits per heavy atom. The van der Waals surface area contributed by atoms with E-state index in [9.17, 15) is 4.79 Å². The summed E-state index contributed by atoms with van der Waals surface area (Å²) in [5.74, 6) is 1.28. The van der Waals surface area contributed by atoms with Crippen LogP contribution in [0.1, 0.15) is 35.2 Å². The Morgan fingerprint density at radius 1 is 1.06 bits per heavy atom. The van der Waals surface area contributed by atoms with Crippen molar-refractivity contribution in [3.8, 4) is 5.75 Å². The number of aromatic nitrogens is 3. The molecule has 1 amide bonds. The predicted octanol–water partition coefficient (Wildman–Crippen LogP) is 5.74. The number of methoxy groups -OCH3 is 1. The molecular formula is C27H24ClN5O2. The van der Waals surface area contributed by atoms with Crippen molar-refractivity contribution in [2.24, 2.45) is 0 Å². The van der Waals surface area contributed by atoms with Crippen molar-refractivity contribution in [2.75, 3.05) is 17.7 Å². The molecule has 2 atom stereocenters. The Labute approximate surface area is 208 Å². The van der Waals surface area contributed by atoms with E-state index in [0.717, 1.165) is 28.9 Å². The summed E-state index contributed by atoms with van der Waals surface area (Å²) in [6.07, 6.45) is 3.95. The van der Waals surface area contributed by atoms with Crippen molar-refractivity contribution in [3.63, 3.8) is 0 Å². The largest absolute Gasteiger partial charge is 0.497 e. The molecule has 0 spiro atoms. The van der Waals surface area contributed by atoms with Crippen LogP contribution in [-0.2, 0) is 4.79 Å². The number of halogens is 1. The Kier molecular flexibility index (Phi) is 6.50. The first-order valence-corrected chi connectivity index (χ1v) is 11.6. The maximum atomic E-state index is 12.5. The lowest BCUT2D eigenvalue weighted by Gasteiger charge is -2.31. The lowest BCUT2D eigenvalue weighted by atomic mass is 9.93. The minimum absolute atomic E-state index is 0.0482. The van der Waals surface area contributed by atoms with E-state index in [2.05, 4.69) is 32.8 Å². The summed E-state index contributed by atoms with van der Waals surface area (Å²) in [7, 11) is 1.62. The van der Waals surface area contributed by atoms with Crippen molar-refractivity contribution in [3.05, 3.63) is 107 Å². The summed E-state index contributed by atoms with van der Waals surface area (Å²) in [5, 5.41) is 11.5. The number of hydrogen-bond donors (Lipinski definition) is 2. The Balaban J connectivity index is 1.38. The maximum Gasteiger partial charge on any atom is 0.250 e. The average molecular weight is 486 g/mol. The van der Waals surface area contributed by atoms with E-state index < -0.39 is 0 Å². The molecule has 7 nitrogen and oxygen atoms in total. The highest BCUT2D eigenvalue weighted by Gasteiger charge is 2.31. The number of rotatable bonds is 6. The van der Waals surface area contributed by atoms with E-state index in [-0.39, 0.29) is 23.9 Å². The second-order valence-electron chi connectivity index (χ2n) is 8.21. The van der Waals surface area contributed by atoms with Crippen LogP contribution in [0, 0.1) is 0 Å². The highest BCUT2D eigenvalue weighted by Crippen LogP contribution is 2.38. The molecule has 0 radical (unpaired) electrons. The molecule has 3 aromatic carbocycles. The van der Waals surface area contributed by atoms with Gasteiger partial charge in [-0.1, -0.05) is 66.2 Å². The zero-order chi connectivity index (χ0) is 24.2. The van der Waals surface area contributed by atoms with Gasteiger partial charge in [-0.25, -0.2) is 4.68 Å². The molecule has 5 rings (SSSR count). The zero-order valence-corrected chi connectivity index (χ0v) is 19.8. The van der Waals surface area contributed by atoms with Gasteiger partial charge in [0.1, 0.15) is 5.75 Å². The number of fused-ring (bicyclic) bond motifs is 1. The van der Waals surface area contributed by atoms with Gasteiger partial charge in [-0.15, -0.1) is 5.10 Å². The summed E-state index contributed by atoms with van der Waals surface area (Å²) in [6.45, 7) is 0. The number of amides is 1. The van der Waals surface area contributed by atoms with Crippen molar-refractivity contribution in [1.29, 1.82) is 0 Å². The van der Waals surface area contributed by atoms with E-state index in [1.54, 1.807) is 13.2 Å². The Bertz CT molecular complexity index is 1330. The van der Waals surface area contributed by atoms with E-state index in [0.29, 0.717) is 11.0 Å². The quantitative estimate of drug-likeness (QED) is 0.340. The summed E-state index contributed by atoms with van der Waals surface area (Å²) in [6, 6.07) is 25.4. The lowest BCUT2D eigenvalue weighted by molar-refractivity contribution is -0.111. The first-order chi connectivity index (χ1) is 17.1. The van der Waals surface area contributed by atoms with Crippen LogP contribution in [0.15, 0.2) is 84.9 Å². The topological polar surface area (TPSA) is 81.1 Å². The number of anilines is 2. The lowest BCUT2D eigenvalue weighted by Crippen LogP contribution is -2.28. The van der Waals surface area contributed by atoms with Crippen LogP contribution in [0.5, 0.6) is 5.75 Å². The van der Waals surface area contributed by atoms with Gasteiger partial charge in [-0.2, -0.15) is 4.98 Å². The highest BCUT2D eigenvalue weighted by molar-refractivity contribution is 6.30. The van der Waals surface area contributed by atoms with E-state index in [1.807, 2.05) is 71.4 Å². The van der Waals surface area contributed by atoms with Gasteiger partial charge in [0.05, 0.1) is 19.2 Å². The predicted molar refractivity (Wildman–Crippen MR) is 138 cm³/mol. The number of carbonyl (C=O) groups excluding carboxylic acids is 1. The van der Waals surface area contributed by atoms with Crippen LogP contribution in [0.3, 0.4) is 0 Å². The van der Waals surface area contributed by atoms with Crippen LogP contribution >= 0.6 is 11.6 Å². The van der Waals surface area contributed by atoms with Crippen molar-refractivity contribution < 1.29 is 9.53 Å². The summed E-state index contributed by atoms with van der Waals surface area (Å²) < 4.78 is 6.99. The third-order valence-electron chi connectivity index (χ3n) is 5.92. The first kappa shape index (κ1) is 22.7. The minimum Gasteiger partial charge on any atom is -0.497 e. The van der Waals surface area contributed by atoms with E-state index in [1.165, 1.54) is 6.08 Å². The molecule has 8 heteroatoms. The summed E-state index contributed by atoms with van der Waals surface area (Å²) in [4.78, 5) is 17.1. The number of hydrogen-bond acceptors (Lipinski definition) is 5. The molecule has 35 heavy (non-hydrogen) atoms. The van der Waals surface area contributed by atoms with Gasteiger partial charge in [0.2, 0.25) is 5.95 Å². The molecule has 0 unspecified atom stereocenters. The fourth-order valence-electron chi connectivity index (χ4n) is 4.14. The third kappa shape index (κ3) is 5.20. The Morgan fingerprint density at radius 3 is 2.51 bits per heavy atom. The van der Waals surface area contributed by atoms with Crippen LogP contribution in [0.25, 0.3) is 6.08 Å². The van der Waals surface area contributed by atoms with Gasteiger partial charge in [-0.3, -0.25) is 10.1 Å². The number of carbonyl (C=O) groups is 1. The highest BCUT2D eigenvalue weighted by atomic mass is 35.5. The first-order valence-electron chi connectivity index (χ1n) is 11.3. The second kappa shape index (κ2) is 10.0. The van der Waals surface area contributed by atoms with Gasteiger partial charge in [0.25, 0.3) is 11.9 Å². The summed E-state index contributed by atoms with van der Waals surface area (Å²) in [5.41, 5.74) is 3.11. The van der Waals surface area contributed by atoms with Gasteiger partial charge in [0.15, 0.2) is 0 Å². The SMILES string of the molecule is COc1ccc(/C=C/C(=O)Nc2nc3n(n2)[C@@H](c2ccc(Cl)cc2)C[C@H](c2ccccc2)N3)cc1. The average Bonchev–Trinajstić information content (AvgIpc) is 3.30. The molecule has 4 aromatic rings. The van der Waals surface area contributed by atoms with Crippen molar-refractivity contribution in [1.82, 2.24) is 14.8 Å². The molecule has 2 heterocycles. The number of nitrogens with zero attached hydrogens (tertiary/aromatic N) is 3. The molecule has 1 aromatic heterocycles. The Hall–Kier alpha value is -4.10. The molecule has 0 fully saturated rings. The second-order valence-corrected chi connectivity index (χ2v) is 8.65.